The van der Waals surface area contributed by atoms with E-state index in [1.54, 1.807) is 0 Å². The molecule has 0 spiro atoms. The van der Waals surface area contributed by atoms with E-state index in [2.05, 4.69) is 32.9 Å². The minimum absolute atomic E-state index is 0.184. The van der Waals surface area contributed by atoms with E-state index in [4.69, 9.17) is 0 Å². The Hall–Kier alpha value is -0.850. The van der Waals surface area contributed by atoms with E-state index < -0.39 is 0 Å². The van der Waals surface area contributed by atoms with Gasteiger partial charge in [-0.05, 0) is 73.5 Å². The van der Waals surface area contributed by atoms with E-state index >= 15 is 0 Å². The predicted molar refractivity (Wildman–Crippen MR) is 118 cm³/mol. The van der Waals surface area contributed by atoms with E-state index in [0.717, 1.165) is 18.8 Å². The molecule has 1 heteroatoms. The molecule has 0 aromatic carbocycles. The molecule has 156 valence electrons. The quantitative estimate of drug-likeness (QED) is 0.449. The average Bonchev–Trinajstić information content (AvgIpc) is 3.02. The van der Waals surface area contributed by atoms with Crippen LogP contribution in [0.2, 0.25) is 0 Å². The Balaban J connectivity index is 1.54. The maximum atomic E-state index is 12.2. The van der Waals surface area contributed by atoms with Crippen LogP contribution in [-0.4, -0.2) is 5.78 Å². The van der Waals surface area contributed by atoms with Crippen molar-refractivity contribution in [1.82, 2.24) is 0 Å². The number of allylic oxidation sites excluding steroid dienone is 4. The van der Waals surface area contributed by atoms with Crippen molar-refractivity contribution in [2.24, 2.45) is 40.4 Å². The van der Waals surface area contributed by atoms with Crippen molar-refractivity contribution in [1.29, 1.82) is 0 Å². The lowest BCUT2D eigenvalue weighted by Gasteiger charge is -2.54. The molecule has 0 saturated heterocycles. The summed E-state index contributed by atoms with van der Waals surface area (Å²) in [6.07, 6.45) is 18.2. The van der Waals surface area contributed by atoms with Crippen molar-refractivity contribution in [2.45, 2.75) is 98.8 Å². The lowest BCUT2D eigenvalue weighted by molar-refractivity contribution is -0.122. The predicted octanol–water partition coefficient (Wildman–Crippen LogP) is 7.52. The zero-order valence-corrected chi connectivity index (χ0v) is 19.0. The molecule has 0 aliphatic heterocycles. The molecule has 4 aliphatic carbocycles. The Morgan fingerprint density at radius 3 is 2.61 bits per heavy atom. The highest BCUT2D eigenvalue weighted by Gasteiger charge is 2.53. The van der Waals surface area contributed by atoms with Gasteiger partial charge in [-0.25, -0.2) is 0 Å². The third kappa shape index (κ3) is 3.16. The molecule has 0 amide bonds. The summed E-state index contributed by atoms with van der Waals surface area (Å²) < 4.78 is 0. The molecule has 28 heavy (non-hydrogen) atoms. The summed E-state index contributed by atoms with van der Waals surface area (Å²) in [4.78, 5) is 12.2. The van der Waals surface area contributed by atoms with Crippen LogP contribution in [-0.2, 0) is 4.79 Å². The Kier molecular flexibility index (Phi) is 5.43. The van der Waals surface area contributed by atoms with Gasteiger partial charge in [-0.15, -0.1) is 0 Å². The van der Waals surface area contributed by atoms with Crippen LogP contribution in [0.1, 0.15) is 98.8 Å². The number of hydrogen-bond donors (Lipinski definition) is 0. The van der Waals surface area contributed by atoms with Gasteiger partial charge in [-0.1, -0.05) is 70.8 Å². The second-order valence-electron chi connectivity index (χ2n) is 11.4. The molecule has 4 rings (SSSR count). The van der Waals surface area contributed by atoms with E-state index in [-0.39, 0.29) is 5.92 Å². The van der Waals surface area contributed by atoms with Crippen LogP contribution in [0.15, 0.2) is 23.3 Å². The third-order valence-corrected chi connectivity index (χ3v) is 9.61. The van der Waals surface area contributed by atoms with Gasteiger partial charge in [0.15, 0.2) is 0 Å². The molecule has 1 saturated carbocycles. The minimum atomic E-state index is 0.184. The minimum Gasteiger partial charge on any atom is -0.299 e. The van der Waals surface area contributed by atoms with Crippen LogP contribution in [0.25, 0.3) is 0 Å². The van der Waals surface area contributed by atoms with Gasteiger partial charge in [0, 0.05) is 18.3 Å². The number of carbonyl (C=O) groups excluding carboxylic acids is 1. The molecule has 4 aliphatic rings. The average molecular weight is 383 g/mol. The fourth-order valence-corrected chi connectivity index (χ4v) is 7.69. The zero-order valence-electron chi connectivity index (χ0n) is 19.0. The summed E-state index contributed by atoms with van der Waals surface area (Å²) in [6.45, 7) is 11.7. The van der Waals surface area contributed by atoms with Crippen molar-refractivity contribution in [2.75, 3.05) is 0 Å². The van der Waals surface area contributed by atoms with Crippen LogP contribution in [0.5, 0.6) is 0 Å². The van der Waals surface area contributed by atoms with Crippen molar-refractivity contribution >= 4 is 5.78 Å². The zero-order chi connectivity index (χ0) is 20.1. The van der Waals surface area contributed by atoms with Gasteiger partial charge >= 0.3 is 0 Å². The number of fused-ring (bicyclic) bond motifs is 4. The smallest absolute Gasteiger partial charge is 0.135 e. The summed E-state index contributed by atoms with van der Waals surface area (Å²) in [5, 5.41) is 0. The lowest BCUT2D eigenvalue weighted by Crippen LogP contribution is -2.44. The van der Waals surface area contributed by atoms with Crippen molar-refractivity contribution in [3.05, 3.63) is 23.3 Å². The molecule has 0 N–H and O–H groups in total. The fraction of sp³-hybridized carbons (Fsp3) is 0.815. The molecule has 2 unspecified atom stereocenters. The number of ketones is 1. The second-order valence-corrected chi connectivity index (χ2v) is 11.4. The van der Waals surface area contributed by atoms with Gasteiger partial charge in [-0.2, -0.15) is 0 Å². The first-order valence-corrected chi connectivity index (χ1v) is 12.2. The van der Waals surface area contributed by atoms with Gasteiger partial charge < -0.3 is 0 Å². The highest BCUT2D eigenvalue weighted by Crippen LogP contribution is 2.64. The summed E-state index contributed by atoms with van der Waals surface area (Å²) in [6, 6.07) is 0. The van der Waals surface area contributed by atoms with Crippen LogP contribution < -0.4 is 0 Å². The molecule has 0 aromatic rings. The van der Waals surface area contributed by atoms with Gasteiger partial charge in [-0.3, -0.25) is 4.79 Å². The van der Waals surface area contributed by atoms with E-state index in [1.807, 2.05) is 25.0 Å². The van der Waals surface area contributed by atoms with Crippen molar-refractivity contribution in [3.8, 4) is 0 Å². The van der Waals surface area contributed by atoms with Gasteiger partial charge in [0.1, 0.15) is 5.78 Å². The van der Waals surface area contributed by atoms with Crippen LogP contribution in [0.4, 0.5) is 0 Å². The third-order valence-electron chi connectivity index (χ3n) is 9.61. The molecule has 1 nitrogen and oxygen atoms in total. The SMILES string of the molecule is CC(C)C(=O)CCC(C)[C@H]1C=C[C@@H]2C3=C(CC[C@@]21C)[C@@]1(C)CCCCC1CC3. The van der Waals surface area contributed by atoms with Gasteiger partial charge in [0.2, 0.25) is 0 Å². The monoisotopic (exact) mass is 382 g/mol. The van der Waals surface area contributed by atoms with Gasteiger partial charge in [0.05, 0.1) is 0 Å². The fourth-order valence-electron chi connectivity index (χ4n) is 7.69. The van der Waals surface area contributed by atoms with Crippen LogP contribution in [0, 0.1) is 40.4 Å². The first-order chi connectivity index (χ1) is 13.3. The van der Waals surface area contributed by atoms with E-state index in [9.17, 15) is 4.79 Å². The summed E-state index contributed by atoms with van der Waals surface area (Å²) in [7, 11) is 0. The lowest BCUT2D eigenvalue weighted by atomic mass is 9.50. The van der Waals surface area contributed by atoms with Crippen molar-refractivity contribution in [3.63, 3.8) is 0 Å². The number of Topliss-reactive ketones (excluding diaryl/α,β-unsaturated/α-hetero) is 1. The maximum Gasteiger partial charge on any atom is 0.135 e. The standard InChI is InChI=1S/C27H42O/c1-18(2)25(28)14-9-19(3)22-12-13-23-21-11-10-20-8-6-7-16-26(20,4)24(21)15-17-27(22,23)5/h12-13,18-20,22-23H,6-11,14-17H2,1-5H3/t19?,20?,22-,23-,26+,27-/m1/s1. The largest absolute Gasteiger partial charge is 0.299 e. The Morgan fingerprint density at radius 2 is 1.86 bits per heavy atom. The molecule has 6 atom stereocenters. The Labute approximate surface area is 173 Å². The molecule has 1 fully saturated rings. The molecule has 0 heterocycles. The number of hydrogen-bond acceptors (Lipinski definition) is 1. The molecular formula is C27H42O. The maximum absolute atomic E-state index is 12.2. The van der Waals surface area contributed by atoms with Gasteiger partial charge in [0.25, 0.3) is 0 Å². The Bertz CT molecular complexity index is 682. The highest BCUT2D eigenvalue weighted by molar-refractivity contribution is 5.80. The highest BCUT2D eigenvalue weighted by atomic mass is 16.1. The Morgan fingerprint density at radius 1 is 1.07 bits per heavy atom. The van der Waals surface area contributed by atoms with E-state index in [0.29, 0.717) is 34.4 Å². The summed E-state index contributed by atoms with van der Waals surface area (Å²) in [5.74, 6) is 3.49. The van der Waals surface area contributed by atoms with Crippen LogP contribution in [0.3, 0.4) is 0 Å². The summed E-state index contributed by atoms with van der Waals surface area (Å²) >= 11 is 0. The molecular weight excluding hydrogens is 340 g/mol. The molecule has 0 aromatic heterocycles. The van der Waals surface area contributed by atoms with Crippen LogP contribution >= 0.6 is 0 Å². The van der Waals surface area contributed by atoms with Crippen molar-refractivity contribution < 1.29 is 4.79 Å². The first-order valence-electron chi connectivity index (χ1n) is 12.2. The normalized spacial score (nSPS) is 40.9. The number of rotatable bonds is 5. The topological polar surface area (TPSA) is 17.1 Å². The first kappa shape index (κ1) is 20.4. The summed E-state index contributed by atoms with van der Waals surface area (Å²) in [5.41, 5.74) is 4.63. The van der Waals surface area contributed by atoms with E-state index in [1.165, 1.54) is 51.4 Å². The molecule has 0 radical (unpaired) electrons. The second kappa shape index (κ2) is 7.44. The molecule has 0 bridgehead atoms. The number of carbonyl (C=O) groups is 1.